The second-order valence-electron chi connectivity index (χ2n) is 7.50. The van der Waals surface area contributed by atoms with Gasteiger partial charge in [-0.3, -0.25) is 18.9 Å². The number of aliphatic carboxylic acids is 1. The van der Waals surface area contributed by atoms with E-state index in [2.05, 4.69) is 4.98 Å². The molecule has 1 N–H and O–H groups in total. The van der Waals surface area contributed by atoms with Gasteiger partial charge in [0.1, 0.15) is 5.82 Å². The average molecular weight is 391 g/mol. The molecule has 8 nitrogen and oxygen atoms in total. The molecule has 0 unspecified atom stereocenters. The molecular formula is C21H21N5O3. The third-order valence-corrected chi connectivity index (χ3v) is 5.48. The highest BCUT2D eigenvalue weighted by atomic mass is 16.4. The van der Waals surface area contributed by atoms with Gasteiger partial charge in [-0.1, -0.05) is 12.1 Å². The van der Waals surface area contributed by atoms with Crippen molar-refractivity contribution in [1.82, 2.24) is 23.7 Å². The van der Waals surface area contributed by atoms with Crippen LogP contribution in [-0.4, -0.2) is 34.7 Å². The number of aryl methyl sites for hydroxylation is 1. The Balaban J connectivity index is 1.60. The summed E-state index contributed by atoms with van der Waals surface area (Å²) in [6.07, 6.45) is 6.09. The smallest absolute Gasteiger partial charge is 0.329 e. The summed E-state index contributed by atoms with van der Waals surface area (Å²) in [6, 6.07) is 9.94. The lowest BCUT2D eigenvalue weighted by Crippen LogP contribution is -2.25. The molecule has 0 radical (unpaired) electrons. The van der Waals surface area contributed by atoms with E-state index in [4.69, 9.17) is 10.1 Å². The van der Waals surface area contributed by atoms with Crippen LogP contribution < -0.4 is 5.69 Å². The van der Waals surface area contributed by atoms with Gasteiger partial charge >= 0.3 is 11.7 Å². The standard InChI is InChI=1S/C21H21N5O3/c27-20(28)6-3-11-24-16-5-2-1-4-15(16)23-19(24)13-25-18-12-22-10-9-17(18)26(21(25)29)14-7-8-14/h1-2,4-5,9-10,12,14H,3,6-8,11,13H2,(H,27,28). The van der Waals surface area contributed by atoms with Gasteiger partial charge < -0.3 is 9.67 Å². The van der Waals surface area contributed by atoms with Crippen LogP contribution in [0.15, 0.2) is 47.5 Å². The molecule has 1 saturated carbocycles. The molecule has 0 aliphatic heterocycles. The summed E-state index contributed by atoms with van der Waals surface area (Å²) in [4.78, 5) is 33.1. The fourth-order valence-electron chi connectivity index (χ4n) is 3.99. The SMILES string of the molecule is O=C(O)CCCn1c(Cn2c(=O)n(C3CC3)c3ccncc32)nc2ccccc21. The van der Waals surface area contributed by atoms with E-state index in [1.807, 2.05) is 39.5 Å². The van der Waals surface area contributed by atoms with Crippen molar-refractivity contribution in [2.24, 2.45) is 0 Å². The number of rotatable bonds is 7. The van der Waals surface area contributed by atoms with Crippen LogP contribution in [0, 0.1) is 0 Å². The minimum atomic E-state index is -0.814. The third kappa shape index (κ3) is 3.10. The number of benzene rings is 1. The second-order valence-corrected chi connectivity index (χ2v) is 7.50. The van der Waals surface area contributed by atoms with Crippen LogP contribution >= 0.6 is 0 Å². The Labute approximate surface area is 166 Å². The van der Waals surface area contributed by atoms with Crippen molar-refractivity contribution in [2.75, 3.05) is 0 Å². The zero-order chi connectivity index (χ0) is 20.0. The van der Waals surface area contributed by atoms with Crippen LogP contribution in [0.5, 0.6) is 0 Å². The molecule has 8 heteroatoms. The molecule has 3 heterocycles. The highest BCUT2D eigenvalue weighted by molar-refractivity contribution is 5.77. The summed E-state index contributed by atoms with van der Waals surface area (Å²) in [5.41, 5.74) is 3.45. The third-order valence-electron chi connectivity index (χ3n) is 5.48. The minimum Gasteiger partial charge on any atom is -0.481 e. The van der Waals surface area contributed by atoms with Crippen molar-refractivity contribution >= 4 is 28.0 Å². The van der Waals surface area contributed by atoms with Gasteiger partial charge in [0.2, 0.25) is 0 Å². The quantitative estimate of drug-likeness (QED) is 0.523. The summed E-state index contributed by atoms with van der Waals surface area (Å²) in [6.45, 7) is 0.860. The number of hydrogen-bond donors (Lipinski definition) is 1. The van der Waals surface area contributed by atoms with Gasteiger partial charge in [0, 0.05) is 25.2 Å². The normalized spacial score (nSPS) is 14.1. The Morgan fingerprint density at radius 3 is 2.72 bits per heavy atom. The van der Waals surface area contributed by atoms with E-state index in [1.54, 1.807) is 17.0 Å². The van der Waals surface area contributed by atoms with Gasteiger partial charge in [0.15, 0.2) is 0 Å². The number of imidazole rings is 2. The first-order valence-corrected chi connectivity index (χ1v) is 9.84. The van der Waals surface area contributed by atoms with E-state index in [9.17, 15) is 9.59 Å². The van der Waals surface area contributed by atoms with E-state index in [1.165, 1.54) is 0 Å². The monoisotopic (exact) mass is 391 g/mol. The Hall–Kier alpha value is -3.42. The van der Waals surface area contributed by atoms with Crippen LogP contribution in [-0.2, 0) is 17.9 Å². The number of carboxylic acids is 1. The van der Waals surface area contributed by atoms with Crippen LogP contribution in [0.3, 0.4) is 0 Å². The Bertz CT molecular complexity index is 1280. The zero-order valence-electron chi connectivity index (χ0n) is 15.9. The lowest BCUT2D eigenvalue weighted by atomic mass is 10.3. The van der Waals surface area contributed by atoms with Crippen molar-refractivity contribution in [2.45, 2.75) is 44.8 Å². The number of aromatic nitrogens is 5. The summed E-state index contributed by atoms with van der Waals surface area (Å²) >= 11 is 0. The average Bonchev–Trinajstić information content (AvgIpc) is 3.43. The van der Waals surface area contributed by atoms with Crippen molar-refractivity contribution in [1.29, 1.82) is 0 Å². The van der Waals surface area contributed by atoms with Gasteiger partial charge in [0.25, 0.3) is 0 Å². The number of fused-ring (bicyclic) bond motifs is 2. The van der Waals surface area contributed by atoms with Crippen LogP contribution in [0.1, 0.15) is 37.5 Å². The molecule has 0 amide bonds. The van der Waals surface area contributed by atoms with E-state index >= 15 is 0 Å². The fraction of sp³-hybridized carbons (Fsp3) is 0.333. The number of para-hydroxylation sites is 2. The molecule has 29 heavy (non-hydrogen) atoms. The van der Waals surface area contributed by atoms with Crippen molar-refractivity contribution < 1.29 is 9.90 Å². The molecule has 5 rings (SSSR count). The molecule has 1 aromatic carbocycles. The van der Waals surface area contributed by atoms with Crippen LogP contribution in [0.25, 0.3) is 22.1 Å². The van der Waals surface area contributed by atoms with Crippen molar-refractivity contribution in [3.8, 4) is 0 Å². The van der Waals surface area contributed by atoms with Crippen molar-refractivity contribution in [3.05, 3.63) is 59.0 Å². The molecule has 148 valence electrons. The lowest BCUT2D eigenvalue weighted by molar-refractivity contribution is -0.137. The maximum absolute atomic E-state index is 13.2. The molecule has 1 fully saturated rings. The largest absolute Gasteiger partial charge is 0.481 e. The van der Waals surface area contributed by atoms with Gasteiger partial charge in [0.05, 0.1) is 34.8 Å². The van der Waals surface area contributed by atoms with Crippen LogP contribution in [0.4, 0.5) is 0 Å². The second kappa shape index (κ2) is 6.88. The number of carboxylic acid groups (broad SMARTS) is 1. The van der Waals surface area contributed by atoms with E-state index in [-0.39, 0.29) is 18.2 Å². The minimum absolute atomic E-state index is 0.0420. The summed E-state index contributed by atoms with van der Waals surface area (Å²) in [5, 5.41) is 9.00. The summed E-state index contributed by atoms with van der Waals surface area (Å²) in [5.74, 6) is -0.0665. The van der Waals surface area contributed by atoms with Gasteiger partial charge in [-0.25, -0.2) is 9.78 Å². The van der Waals surface area contributed by atoms with Crippen molar-refractivity contribution in [3.63, 3.8) is 0 Å². The number of hydrogen-bond acceptors (Lipinski definition) is 4. The molecule has 0 saturated heterocycles. The maximum atomic E-state index is 13.2. The lowest BCUT2D eigenvalue weighted by Gasteiger charge is -2.09. The van der Waals surface area contributed by atoms with Gasteiger partial charge in [-0.15, -0.1) is 0 Å². The highest BCUT2D eigenvalue weighted by Crippen LogP contribution is 2.36. The summed E-state index contributed by atoms with van der Waals surface area (Å²) in [7, 11) is 0. The number of carbonyl (C=O) groups is 1. The fourth-order valence-corrected chi connectivity index (χ4v) is 3.99. The topological polar surface area (TPSA) is 94.9 Å². The van der Waals surface area contributed by atoms with Gasteiger partial charge in [-0.05, 0) is 37.5 Å². The Morgan fingerprint density at radius 1 is 1.10 bits per heavy atom. The molecule has 4 aromatic rings. The molecule has 1 aliphatic carbocycles. The summed E-state index contributed by atoms with van der Waals surface area (Å²) < 4.78 is 5.63. The molecule has 3 aromatic heterocycles. The van der Waals surface area contributed by atoms with Gasteiger partial charge in [-0.2, -0.15) is 0 Å². The molecule has 1 aliphatic rings. The molecule has 0 bridgehead atoms. The molecule has 0 spiro atoms. The van der Waals surface area contributed by atoms with Crippen LogP contribution in [0.2, 0.25) is 0 Å². The predicted octanol–water partition coefficient (Wildman–Crippen LogP) is 2.80. The molecule has 0 atom stereocenters. The zero-order valence-corrected chi connectivity index (χ0v) is 15.9. The first-order chi connectivity index (χ1) is 14.1. The Morgan fingerprint density at radius 2 is 1.93 bits per heavy atom. The first-order valence-electron chi connectivity index (χ1n) is 9.84. The first kappa shape index (κ1) is 17.7. The highest BCUT2D eigenvalue weighted by Gasteiger charge is 2.29. The maximum Gasteiger partial charge on any atom is 0.329 e. The number of pyridine rings is 1. The molecular weight excluding hydrogens is 370 g/mol. The number of nitrogens with zero attached hydrogens (tertiary/aromatic N) is 5. The Kier molecular flexibility index (Phi) is 4.19. The van der Waals surface area contributed by atoms with E-state index in [0.717, 1.165) is 40.7 Å². The van der Waals surface area contributed by atoms with E-state index in [0.29, 0.717) is 19.5 Å². The predicted molar refractivity (Wildman–Crippen MR) is 108 cm³/mol. The van der Waals surface area contributed by atoms with E-state index < -0.39 is 5.97 Å².